The van der Waals surface area contributed by atoms with Gasteiger partial charge < -0.3 is 9.66 Å². The molecule has 9 heteroatoms. The third kappa shape index (κ3) is 5.90. The van der Waals surface area contributed by atoms with E-state index in [9.17, 15) is 22.8 Å². The van der Waals surface area contributed by atoms with E-state index in [0.717, 1.165) is 17.8 Å². The van der Waals surface area contributed by atoms with Crippen molar-refractivity contribution < 1.29 is 22.8 Å². The van der Waals surface area contributed by atoms with Crippen LogP contribution in [0.3, 0.4) is 0 Å². The van der Waals surface area contributed by atoms with E-state index in [1.54, 1.807) is 44.2 Å². The zero-order chi connectivity index (χ0) is 21.1. The normalized spacial score (nSPS) is 13.6. The lowest BCUT2D eigenvalue weighted by atomic mass is 10.00. The van der Waals surface area contributed by atoms with Gasteiger partial charge in [-0.1, -0.05) is 45.9 Å². The number of hydrogen-bond donors (Lipinski definition) is 2. The molecule has 0 saturated heterocycles. The average Bonchev–Trinajstić information content (AvgIpc) is 2.60. The molecule has 0 aliphatic carbocycles. The van der Waals surface area contributed by atoms with Crippen molar-refractivity contribution >= 4 is 39.1 Å². The minimum atomic E-state index is -4.54. The molecule has 0 amide bonds. The second-order valence-corrected chi connectivity index (χ2v) is 10.5. The average molecular weight is 496 g/mol. The van der Waals surface area contributed by atoms with Crippen LogP contribution in [-0.2, 0) is 30.6 Å². The molecule has 28 heavy (non-hydrogen) atoms. The largest absolute Gasteiger partial charge is 0.598 e. The fourth-order valence-corrected chi connectivity index (χ4v) is 4.56. The Balaban J connectivity index is 2.53. The predicted molar refractivity (Wildman–Crippen MR) is 110 cm³/mol. The maximum absolute atomic E-state index is 13.7. The van der Waals surface area contributed by atoms with E-state index in [4.69, 9.17) is 5.14 Å². The lowest BCUT2D eigenvalue weighted by molar-refractivity contribution is -0.139. The van der Waals surface area contributed by atoms with E-state index in [0.29, 0.717) is 26.9 Å². The summed E-state index contributed by atoms with van der Waals surface area (Å²) in [5, 5.41) is 15.0. The summed E-state index contributed by atoms with van der Waals surface area (Å²) in [6.07, 6.45) is -3.90. The number of benzene rings is 2. The van der Waals surface area contributed by atoms with Crippen molar-refractivity contribution in [2.45, 2.75) is 54.0 Å². The molecule has 0 aliphatic heterocycles. The number of halogens is 4. The van der Waals surface area contributed by atoms with Crippen molar-refractivity contribution in [3.8, 4) is 0 Å². The highest BCUT2D eigenvalue weighted by atomic mass is 79.9. The molecule has 0 saturated carbocycles. The predicted octanol–water partition coefficient (Wildman–Crippen LogP) is 5.45. The minimum absolute atomic E-state index is 0.0789. The topological polar surface area (TPSA) is 69.3 Å². The van der Waals surface area contributed by atoms with E-state index in [-0.39, 0.29) is 17.9 Å². The lowest BCUT2D eigenvalue weighted by Crippen LogP contribution is -2.38. The van der Waals surface area contributed by atoms with Gasteiger partial charge in [-0.15, -0.1) is 0 Å². The summed E-state index contributed by atoms with van der Waals surface area (Å²) < 4.78 is 52.5. The second kappa shape index (κ2) is 9.40. The molecule has 3 N–H and O–H groups in total. The van der Waals surface area contributed by atoms with Gasteiger partial charge in [-0.2, -0.15) is 18.3 Å². The van der Waals surface area contributed by atoms with E-state index >= 15 is 0 Å². The highest BCUT2D eigenvalue weighted by Gasteiger charge is 2.36. The molecule has 1 atom stereocenters. The number of aliphatic hydroxyl groups excluding tert-OH is 1. The summed E-state index contributed by atoms with van der Waals surface area (Å²) in [4.78, 5) is 0.635. The first-order valence-corrected chi connectivity index (χ1v) is 11.2. The van der Waals surface area contributed by atoms with Gasteiger partial charge in [0.25, 0.3) is 0 Å². The van der Waals surface area contributed by atoms with Crippen LogP contribution >= 0.6 is 27.7 Å². The van der Waals surface area contributed by atoms with Crippen LogP contribution < -0.4 is 5.14 Å². The Hall–Kier alpha value is -0.710. The second-order valence-electron chi connectivity index (χ2n) is 6.86. The van der Waals surface area contributed by atoms with Gasteiger partial charge in [0.05, 0.1) is 12.2 Å². The molecule has 1 unspecified atom stereocenters. The number of nitrogens with two attached hydrogens (primary N) is 1. The molecule has 0 heterocycles. The van der Waals surface area contributed by atoms with E-state index < -0.39 is 27.8 Å². The zero-order valence-corrected chi connectivity index (χ0v) is 18.6. The van der Waals surface area contributed by atoms with Crippen LogP contribution in [0.25, 0.3) is 0 Å². The van der Waals surface area contributed by atoms with Crippen molar-refractivity contribution in [3.05, 3.63) is 57.6 Å². The standard InChI is InChI=1S/C19H21BrF3NO2S2/c1-18(2,28(24)26)8-7-12-9-14(20)10-15(19(21,22)23)17(12)27-16-6-4-3-5-13(16)11-25/h3-6,9-10,25H,7-8,11,24H2,1-2H3. The molecule has 154 valence electrons. The Morgan fingerprint density at radius 1 is 1.18 bits per heavy atom. The van der Waals surface area contributed by atoms with Gasteiger partial charge >= 0.3 is 6.18 Å². The van der Waals surface area contributed by atoms with Crippen LogP contribution in [0.4, 0.5) is 13.2 Å². The van der Waals surface area contributed by atoms with Gasteiger partial charge in [0.1, 0.15) is 4.75 Å². The quantitative estimate of drug-likeness (QED) is 0.501. The minimum Gasteiger partial charge on any atom is -0.598 e. The Bertz CT molecular complexity index is 829. The summed E-state index contributed by atoms with van der Waals surface area (Å²) >= 11 is 2.55. The molecule has 0 spiro atoms. The first-order chi connectivity index (χ1) is 13.0. The summed E-state index contributed by atoms with van der Waals surface area (Å²) in [6, 6.07) is 9.50. The Morgan fingerprint density at radius 3 is 2.39 bits per heavy atom. The fraction of sp³-hybridized carbons (Fsp3) is 0.368. The molecular formula is C19H21BrF3NO2S2. The highest BCUT2D eigenvalue weighted by molar-refractivity contribution is 9.10. The summed E-state index contributed by atoms with van der Waals surface area (Å²) in [5.41, 5.74) is 0.289. The Labute approximate surface area is 178 Å². The Morgan fingerprint density at radius 2 is 1.82 bits per heavy atom. The lowest BCUT2D eigenvalue weighted by Gasteiger charge is -2.25. The number of aryl methyl sites for hydroxylation is 1. The van der Waals surface area contributed by atoms with Crippen molar-refractivity contribution in [2.24, 2.45) is 5.14 Å². The maximum Gasteiger partial charge on any atom is 0.417 e. The molecule has 2 rings (SSSR count). The fourth-order valence-electron chi connectivity index (χ4n) is 2.55. The van der Waals surface area contributed by atoms with Crippen molar-refractivity contribution in [1.82, 2.24) is 0 Å². The first-order valence-electron chi connectivity index (χ1n) is 8.38. The SMILES string of the molecule is CC(C)(CCc1cc(Br)cc(C(F)(F)F)c1Sc1ccccc1CO)[S+](N)[O-]. The van der Waals surface area contributed by atoms with Gasteiger partial charge in [-0.3, -0.25) is 0 Å². The maximum atomic E-state index is 13.7. The monoisotopic (exact) mass is 495 g/mol. The molecular weight excluding hydrogens is 475 g/mol. The third-order valence-electron chi connectivity index (χ3n) is 4.33. The molecule has 0 radical (unpaired) electrons. The highest BCUT2D eigenvalue weighted by Crippen LogP contribution is 2.44. The first kappa shape index (κ1) is 23.6. The van der Waals surface area contributed by atoms with Crippen LogP contribution in [0.5, 0.6) is 0 Å². The number of rotatable bonds is 7. The van der Waals surface area contributed by atoms with Gasteiger partial charge in [0, 0.05) is 32.0 Å². The van der Waals surface area contributed by atoms with Crippen LogP contribution in [0.1, 0.15) is 37.0 Å². The molecule has 0 aliphatic rings. The van der Waals surface area contributed by atoms with Gasteiger partial charge in [0.15, 0.2) is 0 Å². The summed E-state index contributed by atoms with van der Waals surface area (Å²) in [5.74, 6) is 0. The van der Waals surface area contributed by atoms with E-state index in [2.05, 4.69) is 15.9 Å². The van der Waals surface area contributed by atoms with Crippen molar-refractivity contribution in [3.63, 3.8) is 0 Å². The Kier molecular flexibility index (Phi) is 7.91. The van der Waals surface area contributed by atoms with Crippen molar-refractivity contribution in [1.29, 1.82) is 0 Å². The van der Waals surface area contributed by atoms with Crippen LogP contribution in [0.2, 0.25) is 0 Å². The number of alkyl halides is 3. The van der Waals surface area contributed by atoms with Crippen LogP contribution in [-0.4, -0.2) is 14.4 Å². The number of aliphatic hydroxyl groups is 1. The smallest absolute Gasteiger partial charge is 0.417 e. The van der Waals surface area contributed by atoms with Crippen LogP contribution in [0, 0.1) is 0 Å². The third-order valence-corrected chi connectivity index (χ3v) is 7.39. The van der Waals surface area contributed by atoms with E-state index in [1.807, 2.05) is 0 Å². The van der Waals surface area contributed by atoms with Crippen molar-refractivity contribution in [2.75, 3.05) is 0 Å². The van der Waals surface area contributed by atoms with Gasteiger partial charge in [0.2, 0.25) is 0 Å². The molecule has 3 nitrogen and oxygen atoms in total. The van der Waals surface area contributed by atoms with Crippen LogP contribution in [0.15, 0.2) is 50.7 Å². The summed E-state index contributed by atoms with van der Waals surface area (Å²) in [6.45, 7) is 3.18. The van der Waals surface area contributed by atoms with Gasteiger partial charge in [-0.25, -0.2) is 0 Å². The molecule has 2 aromatic carbocycles. The van der Waals surface area contributed by atoms with Gasteiger partial charge in [-0.05, 0) is 49.6 Å². The zero-order valence-electron chi connectivity index (χ0n) is 15.3. The molecule has 0 aromatic heterocycles. The molecule has 0 fully saturated rings. The molecule has 2 aromatic rings. The summed E-state index contributed by atoms with van der Waals surface area (Å²) in [7, 11) is 0. The van der Waals surface area contributed by atoms with E-state index in [1.165, 1.54) is 0 Å². The molecule has 0 bridgehead atoms. The number of hydrogen-bond acceptors (Lipinski definition) is 4.